The van der Waals surface area contributed by atoms with Crippen LogP contribution in [0, 0.1) is 5.92 Å². The predicted molar refractivity (Wildman–Crippen MR) is 76.1 cm³/mol. The summed E-state index contributed by atoms with van der Waals surface area (Å²) in [6, 6.07) is 2.48. The molecule has 0 spiro atoms. The molecule has 1 fully saturated rings. The van der Waals surface area contributed by atoms with E-state index >= 15 is 0 Å². The predicted octanol–water partition coefficient (Wildman–Crippen LogP) is 3.03. The van der Waals surface area contributed by atoms with Gasteiger partial charge in [-0.05, 0) is 25.7 Å². The van der Waals surface area contributed by atoms with Crippen LogP contribution >= 0.6 is 0 Å². The first kappa shape index (κ1) is 13.1. The molecule has 0 aromatic carbocycles. The number of aromatic nitrogens is 2. The van der Waals surface area contributed by atoms with E-state index in [-0.39, 0.29) is 5.41 Å². The number of nitrogens with zero attached hydrogens (tertiary/aromatic N) is 2. The van der Waals surface area contributed by atoms with Gasteiger partial charge in [0, 0.05) is 24.6 Å². The smallest absolute Gasteiger partial charge is 0.138 e. The second kappa shape index (κ2) is 4.75. The fourth-order valence-electron chi connectivity index (χ4n) is 1.93. The van der Waals surface area contributed by atoms with Crippen LogP contribution in [0.25, 0.3) is 0 Å². The normalized spacial score (nSPS) is 17.4. The molecule has 1 heterocycles. The van der Waals surface area contributed by atoms with Crippen molar-refractivity contribution in [2.45, 2.75) is 52.0 Å². The van der Waals surface area contributed by atoms with Gasteiger partial charge in [0.1, 0.15) is 17.5 Å². The second-order valence-corrected chi connectivity index (χ2v) is 6.23. The standard InChI is InChI=1S/C14H24N4/c1-9(10-6-7-10)16-12-8-11(15-5)17-13(18-12)14(2,3)4/h8-10H,6-7H2,1-5H3,(H2,15,16,17,18). The van der Waals surface area contributed by atoms with Crippen molar-refractivity contribution < 1.29 is 0 Å². The van der Waals surface area contributed by atoms with Crippen molar-refractivity contribution in [1.29, 1.82) is 0 Å². The van der Waals surface area contributed by atoms with Crippen LogP contribution in [0.1, 0.15) is 46.4 Å². The fraction of sp³-hybridized carbons (Fsp3) is 0.714. The van der Waals surface area contributed by atoms with Crippen molar-refractivity contribution >= 4 is 11.6 Å². The van der Waals surface area contributed by atoms with E-state index in [1.165, 1.54) is 12.8 Å². The van der Waals surface area contributed by atoms with Crippen LogP contribution in [0.15, 0.2) is 6.07 Å². The van der Waals surface area contributed by atoms with E-state index < -0.39 is 0 Å². The molecule has 100 valence electrons. The zero-order chi connectivity index (χ0) is 13.3. The zero-order valence-electron chi connectivity index (χ0n) is 12.0. The van der Waals surface area contributed by atoms with Crippen LogP contribution in [0.2, 0.25) is 0 Å². The third-order valence-electron chi connectivity index (χ3n) is 3.36. The van der Waals surface area contributed by atoms with E-state index in [4.69, 9.17) is 0 Å². The number of anilines is 2. The Kier molecular flexibility index (Phi) is 3.46. The van der Waals surface area contributed by atoms with Crippen LogP contribution in [0.3, 0.4) is 0 Å². The van der Waals surface area contributed by atoms with Gasteiger partial charge in [0.25, 0.3) is 0 Å². The SMILES string of the molecule is CNc1cc(NC(C)C2CC2)nc(C(C)(C)C)n1. The third kappa shape index (κ3) is 3.12. The molecular formula is C14H24N4. The minimum Gasteiger partial charge on any atom is -0.373 e. The molecule has 0 saturated heterocycles. The largest absolute Gasteiger partial charge is 0.373 e. The zero-order valence-corrected chi connectivity index (χ0v) is 12.0. The number of hydrogen-bond acceptors (Lipinski definition) is 4. The van der Waals surface area contributed by atoms with E-state index in [1.54, 1.807) is 0 Å². The Balaban J connectivity index is 2.22. The highest BCUT2D eigenvalue weighted by molar-refractivity contribution is 5.48. The van der Waals surface area contributed by atoms with Crippen molar-refractivity contribution in [2.24, 2.45) is 5.92 Å². The average Bonchev–Trinajstić information content (AvgIpc) is 3.11. The molecule has 2 N–H and O–H groups in total. The maximum Gasteiger partial charge on any atom is 0.138 e. The lowest BCUT2D eigenvalue weighted by Gasteiger charge is -2.20. The fourth-order valence-corrected chi connectivity index (χ4v) is 1.93. The van der Waals surface area contributed by atoms with Gasteiger partial charge in [-0.3, -0.25) is 0 Å². The topological polar surface area (TPSA) is 49.8 Å². The molecule has 0 radical (unpaired) electrons. The van der Waals surface area contributed by atoms with Gasteiger partial charge in [-0.15, -0.1) is 0 Å². The van der Waals surface area contributed by atoms with Crippen molar-refractivity contribution in [1.82, 2.24) is 9.97 Å². The summed E-state index contributed by atoms with van der Waals surface area (Å²) in [5.41, 5.74) is -0.0356. The number of rotatable bonds is 4. The van der Waals surface area contributed by atoms with Gasteiger partial charge in [-0.2, -0.15) is 0 Å². The summed E-state index contributed by atoms with van der Waals surface area (Å²) in [5.74, 6) is 3.50. The molecular weight excluding hydrogens is 224 g/mol. The third-order valence-corrected chi connectivity index (χ3v) is 3.36. The van der Waals surface area contributed by atoms with E-state index in [9.17, 15) is 0 Å². The van der Waals surface area contributed by atoms with E-state index in [2.05, 4.69) is 48.3 Å². The summed E-state index contributed by atoms with van der Waals surface area (Å²) < 4.78 is 0. The summed E-state index contributed by atoms with van der Waals surface area (Å²) in [4.78, 5) is 9.17. The van der Waals surface area contributed by atoms with Crippen LogP contribution in [0.4, 0.5) is 11.6 Å². The van der Waals surface area contributed by atoms with Crippen LogP contribution in [0.5, 0.6) is 0 Å². The first-order chi connectivity index (χ1) is 8.40. The Morgan fingerprint density at radius 1 is 1.22 bits per heavy atom. The molecule has 0 aliphatic heterocycles. The lowest BCUT2D eigenvalue weighted by Crippen LogP contribution is -2.22. The lowest BCUT2D eigenvalue weighted by molar-refractivity contribution is 0.545. The van der Waals surface area contributed by atoms with Gasteiger partial charge >= 0.3 is 0 Å². The van der Waals surface area contributed by atoms with E-state index in [1.807, 2.05) is 13.1 Å². The Labute approximate surface area is 110 Å². The molecule has 1 unspecified atom stereocenters. The molecule has 1 saturated carbocycles. The minimum atomic E-state index is -0.0356. The van der Waals surface area contributed by atoms with Gasteiger partial charge in [-0.1, -0.05) is 20.8 Å². The number of nitrogens with one attached hydrogen (secondary N) is 2. The minimum absolute atomic E-state index is 0.0356. The number of hydrogen-bond donors (Lipinski definition) is 2. The highest BCUT2D eigenvalue weighted by Gasteiger charge is 2.28. The molecule has 0 amide bonds. The van der Waals surface area contributed by atoms with Crippen molar-refractivity contribution in [3.8, 4) is 0 Å². The van der Waals surface area contributed by atoms with E-state index in [0.717, 1.165) is 23.4 Å². The van der Waals surface area contributed by atoms with Crippen LogP contribution in [-0.2, 0) is 5.41 Å². The molecule has 4 heteroatoms. The molecule has 1 aliphatic rings. The molecule has 1 aromatic heterocycles. The Morgan fingerprint density at radius 2 is 1.83 bits per heavy atom. The maximum atomic E-state index is 4.64. The molecule has 0 bridgehead atoms. The van der Waals surface area contributed by atoms with Crippen LogP contribution < -0.4 is 10.6 Å². The molecule has 1 aliphatic carbocycles. The van der Waals surface area contributed by atoms with Gasteiger partial charge in [-0.25, -0.2) is 9.97 Å². The highest BCUT2D eigenvalue weighted by Crippen LogP contribution is 2.34. The summed E-state index contributed by atoms with van der Waals surface area (Å²) >= 11 is 0. The van der Waals surface area contributed by atoms with Crippen molar-refractivity contribution in [2.75, 3.05) is 17.7 Å². The summed E-state index contributed by atoms with van der Waals surface area (Å²) in [7, 11) is 1.89. The Hall–Kier alpha value is -1.32. The molecule has 1 atom stereocenters. The Bertz CT molecular complexity index is 418. The average molecular weight is 248 g/mol. The van der Waals surface area contributed by atoms with Crippen molar-refractivity contribution in [3.63, 3.8) is 0 Å². The molecule has 4 nitrogen and oxygen atoms in total. The quantitative estimate of drug-likeness (QED) is 0.860. The maximum absolute atomic E-state index is 4.64. The van der Waals surface area contributed by atoms with Gasteiger partial charge < -0.3 is 10.6 Å². The molecule has 2 rings (SSSR count). The van der Waals surface area contributed by atoms with Crippen LogP contribution in [-0.4, -0.2) is 23.1 Å². The second-order valence-electron chi connectivity index (χ2n) is 6.23. The van der Waals surface area contributed by atoms with Gasteiger partial charge in [0.05, 0.1) is 0 Å². The van der Waals surface area contributed by atoms with Gasteiger partial charge in [0.2, 0.25) is 0 Å². The molecule has 18 heavy (non-hydrogen) atoms. The highest BCUT2D eigenvalue weighted by atomic mass is 15.1. The van der Waals surface area contributed by atoms with E-state index in [0.29, 0.717) is 6.04 Å². The van der Waals surface area contributed by atoms with Gasteiger partial charge in [0.15, 0.2) is 0 Å². The Morgan fingerprint density at radius 3 is 2.33 bits per heavy atom. The summed E-state index contributed by atoms with van der Waals surface area (Å²) in [5, 5.41) is 6.61. The first-order valence-corrected chi connectivity index (χ1v) is 6.74. The first-order valence-electron chi connectivity index (χ1n) is 6.74. The summed E-state index contributed by atoms with van der Waals surface area (Å²) in [6.07, 6.45) is 2.68. The molecule has 1 aromatic rings. The van der Waals surface area contributed by atoms with Crippen molar-refractivity contribution in [3.05, 3.63) is 11.9 Å². The lowest BCUT2D eigenvalue weighted by atomic mass is 9.96. The summed E-state index contributed by atoms with van der Waals surface area (Å²) in [6.45, 7) is 8.64. The monoisotopic (exact) mass is 248 g/mol.